The number of carbonyl (C=O) groups excluding carboxylic acids is 2. The second kappa shape index (κ2) is 9.58. The molecule has 0 saturated carbocycles. The van der Waals surface area contributed by atoms with Crippen LogP contribution in [0.3, 0.4) is 0 Å². The van der Waals surface area contributed by atoms with Crippen LogP contribution < -0.4 is 15.5 Å². The lowest BCUT2D eigenvalue weighted by Crippen LogP contribution is -2.32. The van der Waals surface area contributed by atoms with E-state index in [1.165, 1.54) is 5.56 Å². The number of aryl methyl sites for hydroxylation is 1. The van der Waals surface area contributed by atoms with E-state index in [4.69, 9.17) is 0 Å². The number of benzene rings is 3. The van der Waals surface area contributed by atoms with Crippen molar-refractivity contribution in [3.05, 3.63) is 95.6 Å². The standard InChI is InChI=1S/C26H27N3O2/c1-19-9-11-21(12-10-19)26(20-6-3-2-4-7-20)27-18-24(30)28-22-13-15-23(16-14-22)29-17-5-8-25(29)31/h2-4,6-7,9-16,26-27H,5,8,17-18H2,1H3,(H,28,30)/t26-/m1/s1. The van der Waals surface area contributed by atoms with E-state index in [2.05, 4.69) is 54.0 Å². The van der Waals surface area contributed by atoms with E-state index in [1.807, 2.05) is 42.5 Å². The summed E-state index contributed by atoms with van der Waals surface area (Å²) in [7, 11) is 0. The molecule has 2 amide bonds. The highest BCUT2D eigenvalue weighted by Crippen LogP contribution is 2.24. The fourth-order valence-corrected chi connectivity index (χ4v) is 3.88. The van der Waals surface area contributed by atoms with Gasteiger partial charge in [-0.15, -0.1) is 0 Å². The van der Waals surface area contributed by atoms with Gasteiger partial charge in [0.25, 0.3) is 0 Å². The van der Waals surface area contributed by atoms with Crippen molar-refractivity contribution in [2.75, 3.05) is 23.3 Å². The number of amides is 2. The molecule has 0 unspecified atom stereocenters. The molecule has 2 N–H and O–H groups in total. The van der Waals surface area contributed by atoms with Crippen molar-refractivity contribution in [1.82, 2.24) is 5.32 Å². The Bertz CT molecular complexity index is 1030. The summed E-state index contributed by atoms with van der Waals surface area (Å²) in [4.78, 5) is 26.3. The average Bonchev–Trinajstić information content (AvgIpc) is 3.22. The molecular formula is C26H27N3O2. The molecule has 1 aliphatic heterocycles. The van der Waals surface area contributed by atoms with Gasteiger partial charge in [-0.25, -0.2) is 0 Å². The SMILES string of the molecule is Cc1ccc([C@H](NCC(=O)Nc2ccc(N3CCCC3=O)cc2)c2ccccc2)cc1. The van der Waals surface area contributed by atoms with E-state index in [9.17, 15) is 9.59 Å². The average molecular weight is 414 g/mol. The smallest absolute Gasteiger partial charge is 0.238 e. The van der Waals surface area contributed by atoms with Gasteiger partial charge in [0.05, 0.1) is 12.6 Å². The number of carbonyl (C=O) groups is 2. The van der Waals surface area contributed by atoms with Gasteiger partial charge in [-0.2, -0.15) is 0 Å². The van der Waals surface area contributed by atoms with Crippen molar-refractivity contribution in [3.63, 3.8) is 0 Å². The van der Waals surface area contributed by atoms with Crippen LogP contribution in [0.25, 0.3) is 0 Å². The van der Waals surface area contributed by atoms with Crippen LogP contribution in [0.15, 0.2) is 78.9 Å². The molecule has 1 saturated heterocycles. The predicted octanol–water partition coefficient (Wildman–Crippen LogP) is 4.44. The van der Waals surface area contributed by atoms with Crippen LogP contribution in [0, 0.1) is 6.92 Å². The molecule has 0 bridgehead atoms. The highest BCUT2D eigenvalue weighted by Gasteiger charge is 2.21. The Morgan fingerprint density at radius 1 is 0.935 bits per heavy atom. The molecule has 1 aliphatic rings. The number of nitrogens with one attached hydrogen (secondary N) is 2. The Morgan fingerprint density at radius 3 is 2.26 bits per heavy atom. The van der Waals surface area contributed by atoms with E-state index in [0.717, 1.165) is 29.8 Å². The maximum atomic E-state index is 12.6. The Morgan fingerprint density at radius 2 is 1.61 bits per heavy atom. The lowest BCUT2D eigenvalue weighted by Gasteiger charge is -2.20. The van der Waals surface area contributed by atoms with Gasteiger partial charge in [-0.1, -0.05) is 60.2 Å². The van der Waals surface area contributed by atoms with E-state index >= 15 is 0 Å². The summed E-state index contributed by atoms with van der Waals surface area (Å²) in [5, 5.41) is 6.32. The van der Waals surface area contributed by atoms with Gasteiger partial charge < -0.3 is 10.2 Å². The topological polar surface area (TPSA) is 61.4 Å². The first kappa shape index (κ1) is 20.8. The van der Waals surface area contributed by atoms with Gasteiger partial charge in [0, 0.05) is 24.3 Å². The first-order valence-electron chi connectivity index (χ1n) is 10.7. The van der Waals surface area contributed by atoms with E-state index in [-0.39, 0.29) is 24.4 Å². The summed E-state index contributed by atoms with van der Waals surface area (Å²) in [6.07, 6.45) is 1.50. The number of rotatable bonds is 7. The van der Waals surface area contributed by atoms with Crippen LogP contribution >= 0.6 is 0 Å². The van der Waals surface area contributed by atoms with Gasteiger partial charge >= 0.3 is 0 Å². The maximum Gasteiger partial charge on any atom is 0.238 e. The van der Waals surface area contributed by atoms with Crippen molar-refractivity contribution in [3.8, 4) is 0 Å². The second-order valence-electron chi connectivity index (χ2n) is 7.88. The summed E-state index contributed by atoms with van der Waals surface area (Å²) < 4.78 is 0. The number of hydrogen-bond acceptors (Lipinski definition) is 3. The van der Waals surface area contributed by atoms with Crippen molar-refractivity contribution >= 4 is 23.2 Å². The van der Waals surface area contributed by atoms with Crippen LogP contribution in [0.4, 0.5) is 11.4 Å². The number of hydrogen-bond donors (Lipinski definition) is 2. The van der Waals surface area contributed by atoms with Gasteiger partial charge in [0.2, 0.25) is 11.8 Å². The van der Waals surface area contributed by atoms with Crippen molar-refractivity contribution in [2.45, 2.75) is 25.8 Å². The highest BCUT2D eigenvalue weighted by molar-refractivity contribution is 5.96. The van der Waals surface area contributed by atoms with Crippen LogP contribution in [0.5, 0.6) is 0 Å². The molecule has 5 heteroatoms. The monoisotopic (exact) mass is 413 g/mol. The molecule has 0 spiro atoms. The highest BCUT2D eigenvalue weighted by atomic mass is 16.2. The Balaban J connectivity index is 1.40. The molecule has 1 atom stereocenters. The molecule has 31 heavy (non-hydrogen) atoms. The zero-order valence-electron chi connectivity index (χ0n) is 17.7. The van der Waals surface area contributed by atoms with Gasteiger partial charge in [0.15, 0.2) is 0 Å². The minimum Gasteiger partial charge on any atom is -0.325 e. The van der Waals surface area contributed by atoms with Crippen molar-refractivity contribution in [1.29, 1.82) is 0 Å². The largest absolute Gasteiger partial charge is 0.325 e. The van der Waals surface area contributed by atoms with Crippen LogP contribution in [-0.2, 0) is 9.59 Å². The number of nitrogens with zero attached hydrogens (tertiary/aromatic N) is 1. The molecular weight excluding hydrogens is 386 g/mol. The zero-order valence-corrected chi connectivity index (χ0v) is 17.7. The molecule has 3 aromatic rings. The van der Waals surface area contributed by atoms with Crippen LogP contribution in [-0.4, -0.2) is 24.9 Å². The molecule has 0 aliphatic carbocycles. The zero-order chi connectivity index (χ0) is 21.6. The third kappa shape index (κ3) is 5.19. The van der Waals surface area contributed by atoms with E-state index in [1.54, 1.807) is 4.90 Å². The van der Waals surface area contributed by atoms with Crippen LogP contribution in [0.1, 0.15) is 35.6 Å². The fraction of sp³-hybridized carbons (Fsp3) is 0.231. The van der Waals surface area contributed by atoms with Gasteiger partial charge in [0.1, 0.15) is 0 Å². The third-order valence-electron chi connectivity index (χ3n) is 5.55. The summed E-state index contributed by atoms with van der Waals surface area (Å²) >= 11 is 0. The fourth-order valence-electron chi connectivity index (χ4n) is 3.88. The Kier molecular flexibility index (Phi) is 6.43. The van der Waals surface area contributed by atoms with Crippen molar-refractivity contribution < 1.29 is 9.59 Å². The Labute approximate surface area is 183 Å². The molecule has 4 rings (SSSR count). The van der Waals surface area contributed by atoms with E-state index < -0.39 is 0 Å². The first-order valence-corrected chi connectivity index (χ1v) is 10.7. The minimum absolute atomic E-state index is 0.0731. The normalized spacial score (nSPS) is 14.5. The second-order valence-corrected chi connectivity index (χ2v) is 7.88. The Hall–Kier alpha value is -3.44. The lowest BCUT2D eigenvalue weighted by atomic mass is 9.98. The quantitative estimate of drug-likeness (QED) is 0.602. The molecule has 1 fully saturated rings. The molecule has 3 aromatic carbocycles. The summed E-state index contributed by atoms with van der Waals surface area (Å²) in [5.74, 6) is 0.0436. The summed E-state index contributed by atoms with van der Waals surface area (Å²) in [6.45, 7) is 3.00. The first-order chi connectivity index (χ1) is 15.1. The number of anilines is 2. The van der Waals surface area contributed by atoms with Crippen molar-refractivity contribution in [2.24, 2.45) is 0 Å². The third-order valence-corrected chi connectivity index (χ3v) is 5.55. The molecule has 0 radical (unpaired) electrons. The molecule has 5 nitrogen and oxygen atoms in total. The molecule has 0 aromatic heterocycles. The molecule has 1 heterocycles. The lowest BCUT2D eigenvalue weighted by molar-refractivity contribution is -0.117. The summed E-state index contributed by atoms with van der Waals surface area (Å²) in [5.41, 5.74) is 5.02. The molecule has 158 valence electrons. The minimum atomic E-state index is -0.113. The summed E-state index contributed by atoms with van der Waals surface area (Å²) in [6, 6.07) is 25.8. The van der Waals surface area contributed by atoms with Crippen LogP contribution in [0.2, 0.25) is 0 Å². The van der Waals surface area contributed by atoms with E-state index in [0.29, 0.717) is 12.1 Å². The van der Waals surface area contributed by atoms with Gasteiger partial charge in [-0.3, -0.25) is 14.9 Å². The predicted molar refractivity (Wildman–Crippen MR) is 124 cm³/mol. The van der Waals surface area contributed by atoms with Gasteiger partial charge in [-0.05, 0) is 48.7 Å². The maximum absolute atomic E-state index is 12.6.